The van der Waals surface area contributed by atoms with E-state index in [-0.39, 0.29) is 18.0 Å². The van der Waals surface area contributed by atoms with Gasteiger partial charge in [0.25, 0.3) is 0 Å². The first-order valence-corrected chi connectivity index (χ1v) is 7.40. The Morgan fingerprint density at radius 2 is 1.45 bits per heavy atom. The summed E-state index contributed by atoms with van der Waals surface area (Å²) in [6, 6.07) is 15.8. The van der Waals surface area contributed by atoms with Crippen LogP contribution < -0.4 is 0 Å². The number of benzene rings is 2. The number of carbonyl (C=O) groups excluding carboxylic acids is 2. The summed E-state index contributed by atoms with van der Waals surface area (Å²) >= 11 is 0. The van der Waals surface area contributed by atoms with Crippen molar-refractivity contribution >= 4 is 22.7 Å². The minimum absolute atomic E-state index is 0.206. The SMILES string of the molecule is O=C1Cc2ccccc2C(=C2C=CCc3ccccc32)C1=O. The fourth-order valence-electron chi connectivity index (χ4n) is 3.27. The van der Waals surface area contributed by atoms with E-state index < -0.39 is 0 Å². The van der Waals surface area contributed by atoms with Crippen LogP contribution in [0.15, 0.2) is 60.7 Å². The van der Waals surface area contributed by atoms with Crippen molar-refractivity contribution in [1.82, 2.24) is 0 Å². The summed E-state index contributed by atoms with van der Waals surface area (Å²) in [6.07, 6.45) is 5.10. The van der Waals surface area contributed by atoms with Crippen LogP contribution in [0.5, 0.6) is 0 Å². The molecular weight excluding hydrogens is 272 g/mol. The summed E-state index contributed by atoms with van der Waals surface area (Å²) < 4.78 is 0. The van der Waals surface area contributed by atoms with Crippen LogP contribution in [0, 0.1) is 0 Å². The molecule has 2 aromatic rings. The molecule has 106 valence electrons. The van der Waals surface area contributed by atoms with E-state index >= 15 is 0 Å². The molecule has 2 aliphatic carbocycles. The van der Waals surface area contributed by atoms with Gasteiger partial charge < -0.3 is 0 Å². The minimum atomic E-state index is -0.366. The molecule has 2 heteroatoms. The zero-order valence-electron chi connectivity index (χ0n) is 12.0. The van der Waals surface area contributed by atoms with Crippen LogP contribution in [-0.4, -0.2) is 11.6 Å². The van der Waals surface area contributed by atoms with Crippen LogP contribution in [0.3, 0.4) is 0 Å². The number of Topliss-reactive ketones (excluding diaryl/α,β-unsaturated/α-hetero) is 2. The van der Waals surface area contributed by atoms with Gasteiger partial charge in [-0.25, -0.2) is 0 Å². The van der Waals surface area contributed by atoms with Gasteiger partial charge in [0.2, 0.25) is 11.6 Å². The predicted molar refractivity (Wildman–Crippen MR) is 86.3 cm³/mol. The van der Waals surface area contributed by atoms with Gasteiger partial charge in [0.15, 0.2) is 0 Å². The van der Waals surface area contributed by atoms with Crippen molar-refractivity contribution in [3.8, 4) is 0 Å². The second-order valence-electron chi connectivity index (χ2n) is 5.64. The zero-order valence-corrected chi connectivity index (χ0v) is 12.0. The van der Waals surface area contributed by atoms with Gasteiger partial charge in [-0.3, -0.25) is 9.59 Å². The van der Waals surface area contributed by atoms with Gasteiger partial charge in [-0.1, -0.05) is 60.7 Å². The van der Waals surface area contributed by atoms with Crippen LogP contribution in [-0.2, 0) is 22.4 Å². The van der Waals surface area contributed by atoms with E-state index in [9.17, 15) is 9.59 Å². The van der Waals surface area contributed by atoms with E-state index in [0.717, 1.165) is 28.7 Å². The van der Waals surface area contributed by atoms with Crippen molar-refractivity contribution in [2.45, 2.75) is 12.8 Å². The molecule has 0 radical (unpaired) electrons. The summed E-state index contributed by atoms with van der Waals surface area (Å²) in [4.78, 5) is 24.7. The van der Waals surface area contributed by atoms with E-state index in [2.05, 4.69) is 12.1 Å². The molecule has 4 rings (SSSR count). The number of ketones is 2. The molecule has 0 saturated carbocycles. The predicted octanol–water partition coefficient (Wildman–Crippen LogP) is 3.40. The van der Waals surface area contributed by atoms with Crippen molar-refractivity contribution in [2.75, 3.05) is 0 Å². The molecule has 0 amide bonds. The molecule has 0 atom stereocenters. The highest BCUT2D eigenvalue weighted by Crippen LogP contribution is 2.37. The third-order valence-electron chi connectivity index (χ3n) is 4.32. The summed E-state index contributed by atoms with van der Waals surface area (Å²) in [6.45, 7) is 0. The van der Waals surface area contributed by atoms with Crippen LogP contribution in [0.2, 0.25) is 0 Å². The molecule has 0 spiro atoms. The van der Waals surface area contributed by atoms with Crippen LogP contribution in [0.1, 0.15) is 22.3 Å². The quantitative estimate of drug-likeness (QED) is 0.549. The van der Waals surface area contributed by atoms with E-state index in [4.69, 9.17) is 0 Å². The van der Waals surface area contributed by atoms with Gasteiger partial charge in [0.1, 0.15) is 0 Å². The molecule has 0 bridgehead atoms. The van der Waals surface area contributed by atoms with Gasteiger partial charge in [0, 0.05) is 12.0 Å². The highest BCUT2D eigenvalue weighted by atomic mass is 16.2. The van der Waals surface area contributed by atoms with Crippen LogP contribution in [0.4, 0.5) is 0 Å². The summed E-state index contributed by atoms with van der Waals surface area (Å²) in [7, 11) is 0. The Balaban J connectivity index is 2.05. The third kappa shape index (κ3) is 1.88. The van der Waals surface area contributed by atoms with Gasteiger partial charge in [0.05, 0.1) is 0 Å². The second kappa shape index (κ2) is 4.92. The molecule has 0 unspecified atom stereocenters. The topological polar surface area (TPSA) is 34.1 Å². The number of hydrogen-bond donors (Lipinski definition) is 0. The third-order valence-corrected chi connectivity index (χ3v) is 4.32. The summed E-state index contributed by atoms with van der Waals surface area (Å²) in [5.74, 6) is -0.687. The van der Waals surface area contributed by atoms with Gasteiger partial charge in [-0.05, 0) is 34.2 Å². The zero-order chi connectivity index (χ0) is 15.1. The first kappa shape index (κ1) is 13.0. The van der Waals surface area contributed by atoms with E-state index in [1.807, 2.05) is 48.5 Å². The molecule has 0 aliphatic heterocycles. The fourth-order valence-corrected chi connectivity index (χ4v) is 3.27. The summed E-state index contributed by atoms with van der Waals surface area (Å²) in [5.41, 5.74) is 5.49. The van der Waals surface area contributed by atoms with Gasteiger partial charge in [-0.2, -0.15) is 0 Å². The van der Waals surface area contributed by atoms with Crippen molar-refractivity contribution in [3.63, 3.8) is 0 Å². The van der Waals surface area contributed by atoms with Crippen LogP contribution >= 0.6 is 0 Å². The number of allylic oxidation sites excluding steroid dienone is 4. The second-order valence-corrected chi connectivity index (χ2v) is 5.64. The maximum atomic E-state index is 12.6. The molecule has 0 saturated heterocycles. The van der Waals surface area contributed by atoms with Crippen LogP contribution in [0.25, 0.3) is 11.1 Å². The van der Waals surface area contributed by atoms with Crippen molar-refractivity contribution < 1.29 is 9.59 Å². The maximum absolute atomic E-state index is 12.6. The van der Waals surface area contributed by atoms with E-state index in [1.54, 1.807) is 0 Å². The highest BCUT2D eigenvalue weighted by Gasteiger charge is 2.31. The smallest absolute Gasteiger partial charge is 0.230 e. The van der Waals surface area contributed by atoms with E-state index in [1.165, 1.54) is 5.56 Å². The van der Waals surface area contributed by atoms with Gasteiger partial charge in [-0.15, -0.1) is 0 Å². The molecule has 0 aromatic heterocycles. The molecule has 0 fully saturated rings. The summed E-state index contributed by atoms with van der Waals surface area (Å²) in [5, 5.41) is 0. The standard InChI is InChI=1S/C20H14O2/c21-18-12-14-7-2-4-10-16(14)19(20(18)22)17-11-5-8-13-6-1-3-9-15(13)17/h1-7,9-11H,8,12H2. The first-order valence-electron chi connectivity index (χ1n) is 7.40. The molecule has 2 aliphatic rings. The molecule has 2 nitrogen and oxygen atoms in total. The molecule has 0 N–H and O–H groups in total. The first-order chi connectivity index (χ1) is 10.8. The lowest BCUT2D eigenvalue weighted by molar-refractivity contribution is -0.133. The number of carbonyl (C=O) groups is 2. The Labute approximate surface area is 128 Å². The monoisotopic (exact) mass is 286 g/mol. The average Bonchev–Trinajstić information content (AvgIpc) is 2.56. The Bertz CT molecular complexity index is 869. The largest absolute Gasteiger partial charge is 0.290 e. The number of fused-ring (bicyclic) bond motifs is 2. The molecular formula is C20H14O2. The molecule has 2 aromatic carbocycles. The van der Waals surface area contributed by atoms with E-state index in [0.29, 0.717) is 5.57 Å². The Kier molecular flexibility index (Phi) is 2.90. The lowest BCUT2D eigenvalue weighted by Crippen LogP contribution is -2.25. The minimum Gasteiger partial charge on any atom is -0.290 e. The Morgan fingerprint density at radius 3 is 2.27 bits per heavy atom. The van der Waals surface area contributed by atoms with Crippen molar-refractivity contribution in [3.05, 3.63) is 82.9 Å². The lowest BCUT2D eigenvalue weighted by Gasteiger charge is -2.22. The van der Waals surface area contributed by atoms with Crippen molar-refractivity contribution in [1.29, 1.82) is 0 Å². The molecule has 22 heavy (non-hydrogen) atoms. The number of hydrogen-bond acceptors (Lipinski definition) is 2. The highest BCUT2D eigenvalue weighted by molar-refractivity contribution is 6.58. The van der Waals surface area contributed by atoms with Gasteiger partial charge >= 0.3 is 0 Å². The Morgan fingerprint density at radius 1 is 0.773 bits per heavy atom. The lowest BCUT2D eigenvalue weighted by atomic mass is 9.79. The number of rotatable bonds is 0. The normalized spacial score (nSPS) is 19.8. The Hall–Kier alpha value is -2.74. The fraction of sp³-hybridized carbons (Fsp3) is 0.100. The average molecular weight is 286 g/mol. The van der Waals surface area contributed by atoms with Crippen molar-refractivity contribution in [2.24, 2.45) is 0 Å². The molecule has 0 heterocycles. The maximum Gasteiger partial charge on any atom is 0.230 e.